The average Bonchev–Trinajstić information content (AvgIpc) is 2.38. The highest BCUT2D eigenvalue weighted by molar-refractivity contribution is 5.68. The first-order valence-corrected chi connectivity index (χ1v) is 5.62. The van der Waals surface area contributed by atoms with Crippen molar-refractivity contribution >= 4 is 12.2 Å². The maximum absolute atomic E-state index is 9.87. The van der Waals surface area contributed by atoms with E-state index >= 15 is 0 Å². The Kier molecular flexibility index (Phi) is 3.57. The summed E-state index contributed by atoms with van der Waals surface area (Å²) in [6.45, 7) is 0. The van der Waals surface area contributed by atoms with Crippen LogP contribution in [-0.4, -0.2) is 35.4 Å². The smallest absolute Gasteiger partial charge is 0.196 e. The molecule has 0 spiro atoms. The van der Waals surface area contributed by atoms with Crippen LogP contribution < -0.4 is 0 Å². The molecular formula is C14H15N3O. The van der Waals surface area contributed by atoms with E-state index in [1.165, 1.54) is 0 Å². The van der Waals surface area contributed by atoms with Crippen molar-refractivity contribution < 1.29 is 5.11 Å². The van der Waals surface area contributed by atoms with Crippen LogP contribution >= 0.6 is 0 Å². The van der Waals surface area contributed by atoms with E-state index in [2.05, 4.69) is 9.98 Å². The van der Waals surface area contributed by atoms with Crippen molar-refractivity contribution in [3.05, 3.63) is 42.6 Å². The van der Waals surface area contributed by atoms with Gasteiger partial charge >= 0.3 is 0 Å². The first-order valence-electron chi connectivity index (χ1n) is 5.62. The summed E-state index contributed by atoms with van der Waals surface area (Å²) in [5.41, 5.74) is 1.89. The third-order valence-corrected chi connectivity index (χ3v) is 2.37. The van der Waals surface area contributed by atoms with Crippen molar-refractivity contribution in [3.8, 4) is 16.9 Å². The summed E-state index contributed by atoms with van der Waals surface area (Å²) >= 11 is 0. The van der Waals surface area contributed by atoms with Crippen LogP contribution in [0.2, 0.25) is 0 Å². The molecule has 4 nitrogen and oxygen atoms in total. The summed E-state index contributed by atoms with van der Waals surface area (Å²) < 4.78 is 0. The van der Waals surface area contributed by atoms with Crippen molar-refractivity contribution in [2.24, 2.45) is 4.99 Å². The Hall–Kier alpha value is -2.36. The predicted molar refractivity (Wildman–Crippen MR) is 73.2 cm³/mol. The van der Waals surface area contributed by atoms with E-state index in [9.17, 15) is 5.11 Å². The van der Waals surface area contributed by atoms with E-state index < -0.39 is 0 Å². The van der Waals surface area contributed by atoms with E-state index in [0.717, 1.165) is 11.1 Å². The van der Waals surface area contributed by atoms with Gasteiger partial charge in [-0.1, -0.05) is 30.3 Å². The number of hydrogen-bond donors (Lipinski definition) is 1. The van der Waals surface area contributed by atoms with Crippen LogP contribution in [0.15, 0.2) is 47.6 Å². The van der Waals surface area contributed by atoms with Crippen LogP contribution in [0.1, 0.15) is 0 Å². The lowest BCUT2D eigenvalue weighted by Gasteiger charge is -2.05. The maximum atomic E-state index is 9.87. The van der Waals surface area contributed by atoms with Crippen LogP contribution in [0, 0.1) is 0 Å². The molecular weight excluding hydrogens is 226 g/mol. The van der Waals surface area contributed by atoms with Crippen LogP contribution in [0.5, 0.6) is 5.75 Å². The molecule has 0 radical (unpaired) electrons. The third-order valence-electron chi connectivity index (χ3n) is 2.37. The number of hydrogen-bond acceptors (Lipinski definition) is 3. The molecule has 0 bridgehead atoms. The number of aliphatic imine (C=N–C) groups is 1. The number of benzene rings is 1. The van der Waals surface area contributed by atoms with Gasteiger partial charge in [-0.3, -0.25) is 0 Å². The molecule has 0 aliphatic rings. The molecule has 92 valence electrons. The molecule has 0 aliphatic carbocycles. The van der Waals surface area contributed by atoms with Crippen molar-refractivity contribution in [1.29, 1.82) is 0 Å². The molecule has 0 atom stereocenters. The average molecular weight is 241 g/mol. The Labute approximate surface area is 106 Å². The highest BCUT2D eigenvalue weighted by Crippen LogP contribution is 2.28. The second-order valence-corrected chi connectivity index (χ2v) is 4.14. The summed E-state index contributed by atoms with van der Waals surface area (Å²) in [5.74, 6) is 0.401. The molecule has 18 heavy (non-hydrogen) atoms. The number of aromatic nitrogens is 1. The van der Waals surface area contributed by atoms with Crippen LogP contribution in [0.25, 0.3) is 11.1 Å². The van der Waals surface area contributed by atoms with Gasteiger partial charge in [-0.25, -0.2) is 9.98 Å². The minimum Gasteiger partial charge on any atom is -0.504 e. The quantitative estimate of drug-likeness (QED) is 0.664. The molecule has 1 aromatic heterocycles. The van der Waals surface area contributed by atoms with Gasteiger partial charge in [0.05, 0.1) is 6.34 Å². The van der Waals surface area contributed by atoms with Gasteiger partial charge in [0, 0.05) is 25.9 Å². The zero-order chi connectivity index (χ0) is 13.0. The third kappa shape index (κ3) is 2.85. The van der Waals surface area contributed by atoms with Gasteiger partial charge in [0.15, 0.2) is 11.6 Å². The Morgan fingerprint density at radius 1 is 1.17 bits per heavy atom. The fourth-order valence-corrected chi connectivity index (χ4v) is 1.50. The normalized spacial score (nSPS) is 10.8. The predicted octanol–water partition coefficient (Wildman–Crippen LogP) is 2.68. The SMILES string of the molecule is CN(C)C=Nc1ncc(-c2ccccc2)cc1O. The Balaban J connectivity index is 2.31. The van der Waals surface area contributed by atoms with Gasteiger partial charge < -0.3 is 10.0 Å². The van der Waals surface area contributed by atoms with E-state index in [1.807, 2.05) is 44.4 Å². The highest BCUT2D eigenvalue weighted by Gasteiger charge is 2.04. The maximum Gasteiger partial charge on any atom is 0.196 e. The molecule has 1 heterocycles. The van der Waals surface area contributed by atoms with E-state index in [1.54, 1.807) is 23.5 Å². The number of rotatable bonds is 3. The summed E-state index contributed by atoms with van der Waals surface area (Å²) in [5, 5.41) is 9.87. The molecule has 2 rings (SSSR count). The first kappa shape index (κ1) is 12.1. The van der Waals surface area contributed by atoms with Gasteiger partial charge in [-0.2, -0.15) is 0 Å². The zero-order valence-electron chi connectivity index (χ0n) is 10.4. The Morgan fingerprint density at radius 3 is 2.50 bits per heavy atom. The topological polar surface area (TPSA) is 48.7 Å². The van der Waals surface area contributed by atoms with Crippen LogP contribution in [0.3, 0.4) is 0 Å². The lowest BCUT2D eigenvalue weighted by Crippen LogP contribution is -2.07. The summed E-state index contributed by atoms with van der Waals surface area (Å²) in [6, 6.07) is 11.5. The Bertz CT molecular complexity index is 550. The standard InChI is InChI=1S/C14H15N3O/c1-17(2)10-16-14-13(18)8-12(9-15-14)11-6-4-3-5-7-11/h3-10,18H,1-2H3. The second-order valence-electron chi connectivity index (χ2n) is 4.14. The van der Waals surface area contributed by atoms with Gasteiger partial charge in [-0.05, 0) is 11.6 Å². The minimum atomic E-state index is 0.0782. The fraction of sp³-hybridized carbons (Fsp3) is 0.143. The molecule has 0 saturated heterocycles. The first-order chi connectivity index (χ1) is 8.66. The van der Waals surface area contributed by atoms with Gasteiger partial charge in [0.2, 0.25) is 0 Å². The molecule has 0 unspecified atom stereocenters. The molecule has 4 heteroatoms. The molecule has 1 N–H and O–H groups in total. The molecule has 0 fully saturated rings. The van der Waals surface area contributed by atoms with Gasteiger partial charge in [0.1, 0.15) is 0 Å². The highest BCUT2D eigenvalue weighted by atomic mass is 16.3. The zero-order valence-corrected chi connectivity index (χ0v) is 10.4. The number of pyridine rings is 1. The molecule has 0 amide bonds. The van der Waals surface area contributed by atoms with Crippen molar-refractivity contribution in [2.45, 2.75) is 0 Å². The van der Waals surface area contributed by atoms with Crippen LogP contribution in [-0.2, 0) is 0 Å². The second kappa shape index (κ2) is 5.31. The van der Waals surface area contributed by atoms with E-state index in [0.29, 0.717) is 5.82 Å². The largest absolute Gasteiger partial charge is 0.504 e. The Morgan fingerprint density at radius 2 is 1.89 bits per heavy atom. The summed E-state index contributed by atoms with van der Waals surface area (Å²) in [7, 11) is 3.72. The number of nitrogens with zero attached hydrogens (tertiary/aromatic N) is 3. The van der Waals surface area contributed by atoms with Crippen molar-refractivity contribution in [1.82, 2.24) is 9.88 Å². The fourth-order valence-electron chi connectivity index (χ4n) is 1.50. The number of aromatic hydroxyl groups is 1. The monoisotopic (exact) mass is 241 g/mol. The van der Waals surface area contributed by atoms with Crippen molar-refractivity contribution in [2.75, 3.05) is 14.1 Å². The van der Waals surface area contributed by atoms with E-state index in [-0.39, 0.29) is 5.75 Å². The van der Waals surface area contributed by atoms with Gasteiger partial charge in [-0.15, -0.1) is 0 Å². The minimum absolute atomic E-state index is 0.0782. The van der Waals surface area contributed by atoms with Crippen LogP contribution in [0.4, 0.5) is 5.82 Å². The summed E-state index contributed by atoms with van der Waals surface area (Å²) in [6.07, 6.45) is 3.31. The van der Waals surface area contributed by atoms with Crippen molar-refractivity contribution in [3.63, 3.8) is 0 Å². The lowest BCUT2D eigenvalue weighted by molar-refractivity contribution is 0.474. The molecule has 1 aromatic carbocycles. The van der Waals surface area contributed by atoms with Gasteiger partial charge in [0.25, 0.3) is 0 Å². The lowest BCUT2D eigenvalue weighted by atomic mass is 10.1. The molecule has 0 aliphatic heterocycles. The van der Waals surface area contributed by atoms with E-state index in [4.69, 9.17) is 0 Å². The molecule has 0 saturated carbocycles. The summed E-state index contributed by atoms with van der Waals surface area (Å²) in [4.78, 5) is 10.0. The molecule has 2 aromatic rings.